The topological polar surface area (TPSA) is 37.0 Å². The molecule has 0 fully saturated rings. The number of pyridine rings is 1. The minimum atomic E-state index is 0.232. The lowest BCUT2D eigenvalue weighted by atomic mass is 10.1. The van der Waals surface area contributed by atoms with E-state index in [0.29, 0.717) is 0 Å². The summed E-state index contributed by atoms with van der Waals surface area (Å²) in [6.07, 6.45) is 5.97. The highest BCUT2D eigenvalue weighted by Crippen LogP contribution is 1.98. The Kier molecular flexibility index (Phi) is 6.16. The molecule has 0 spiro atoms. The van der Waals surface area contributed by atoms with E-state index in [9.17, 15) is 0 Å². The molecule has 0 aliphatic heterocycles. The Hall–Kier alpha value is -0.930. The quantitative estimate of drug-likeness (QED) is 0.710. The lowest BCUT2D eigenvalue weighted by Gasteiger charge is -2.20. The molecule has 1 aromatic heterocycles. The van der Waals surface area contributed by atoms with Crippen molar-refractivity contribution in [1.29, 1.82) is 0 Å². The lowest BCUT2D eigenvalue weighted by Crippen LogP contribution is -2.37. The van der Waals surface area contributed by atoms with Gasteiger partial charge in [0, 0.05) is 17.9 Å². The summed E-state index contributed by atoms with van der Waals surface area (Å²) < 4.78 is 0. The lowest BCUT2D eigenvalue weighted by molar-refractivity contribution is 0.419. The van der Waals surface area contributed by atoms with Crippen LogP contribution in [0.4, 0.5) is 0 Å². The summed E-state index contributed by atoms with van der Waals surface area (Å²) in [6, 6.07) is 4.11. The molecular formula is C14H25N3. The Labute approximate surface area is 105 Å². The highest BCUT2D eigenvalue weighted by molar-refractivity contribution is 5.08. The smallest absolute Gasteiger partial charge is 0.0300 e. The van der Waals surface area contributed by atoms with E-state index in [-0.39, 0.29) is 5.54 Å². The standard InChI is InChI=1S/C14H25N3/c1-14(2,3)17-10-5-9-15-11-7-13-6-4-8-16-12-13/h4,6,8,12,15,17H,5,7,9-11H2,1-3H3. The van der Waals surface area contributed by atoms with Crippen LogP contribution in [-0.4, -0.2) is 30.2 Å². The zero-order valence-corrected chi connectivity index (χ0v) is 11.3. The summed E-state index contributed by atoms with van der Waals surface area (Å²) in [5.74, 6) is 0. The monoisotopic (exact) mass is 235 g/mol. The fourth-order valence-corrected chi connectivity index (χ4v) is 1.58. The first-order valence-corrected chi connectivity index (χ1v) is 6.42. The number of nitrogens with one attached hydrogen (secondary N) is 2. The molecule has 1 aromatic rings. The molecule has 0 radical (unpaired) electrons. The van der Waals surface area contributed by atoms with Crippen molar-refractivity contribution in [2.75, 3.05) is 19.6 Å². The van der Waals surface area contributed by atoms with Gasteiger partial charge in [-0.3, -0.25) is 4.98 Å². The van der Waals surface area contributed by atoms with Gasteiger partial charge < -0.3 is 10.6 Å². The summed E-state index contributed by atoms with van der Waals surface area (Å²) in [4.78, 5) is 4.10. The average Bonchev–Trinajstić information content (AvgIpc) is 2.28. The van der Waals surface area contributed by atoms with Crippen LogP contribution in [-0.2, 0) is 6.42 Å². The van der Waals surface area contributed by atoms with Crippen LogP contribution in [0.5, 0.6) is 0 Å². The fourth-order valence-electron chi connectivity index (χ4n) is 1.58. The predicted octanol–water partition coefficient (Wildman–Crippen LogP) is 1.99. The van der Waals surface area contributed by atoms with Gasteiger partial charge in [0.1, 0.15) is 0 Å². The predicted molar refractivity (Wildman–Crippen MR) is 73.2 cm³/mol. The van der Waals surface area contributed by atoms with Gasteiger partial charge in [0.25, 0.3) is 0 Å². The third kappa shape index (κ3) is 7.88. The van der Waals surface area contributed by atoms with E-state index in [1.165, 1.54) is 12.0 Å². The van der Waals surface area contributed by atoms with E-state index in [4.69, 9.17) is 0 Å². The Bertz CT molecular complexity index is 290. The van der Waals surface area contributed by atoms with Crippen molar-refractivity contribution in [2.45, 2.75) is 39.2 Å². The first-order valence-electron chi connectivity index (χ1n) is 6.42. The SMILES string of the molecule is CC(C)(C)NCCCNCCc1cccnc1. The van der Waals surface area contributed by atoms with E-state index in [0.717, 1.165) is 26.1 Å². The molecular weight excluding hydrogens is 210 g/mol. The van der Waals surface area contributed by atoms with Gasteiger partial charge in [-0.15, -0.1) is 0 Å². The van der Waals surface area contributed by atoms with Crippen molar-refractivity contribution in [3.8, 4) is 0 Å². The molecule has 0 aliphatic carbocycles. The molecule has 3 nitrogen and oxygen atoms in total. The molecule has 0 bridgehead atoms. The summed E-state index contributed by atoms with van der Waals surface area (Å²) >= 11 is 0. The minimum absolute atomic E-state index is 0.232. The van der Waals surface area contributed by atoms with Gasteiger partial charge in [-0.1, -0.05) is 6.07 Å². The maximum atomic E-state index is 4.10. The highest BCUT2D eigenvalue weighted by Gasteiger charge is 2.06. The molecule has 0 saturated carbocycles. The third-order valence-corrected chi connectivity index (χ3v) is 2.50. The van der Waals surface area contributed by atoms with Gasteiger partial charge in [0.15, 0.2) is 0 Å². The Morgan fingerprint density at radius 2 is 2.00 bits per heavy atom. The molecule has 1 heterocycles. The largest absolute Gasteiger partial charge is 0.316 e. The summed E-state index contributed by atoms with van der Waals surface area (Å²) in [5.41, 5.74) is 1.53. The zero-order valence-electron chi connectivity index (χ0n) is 11.3. The minimum Gasteiger partial charge on any atom is -0.316 e. The van der Waals surface area contributed by atoms with Crippen LogP contribution in [0, 0.1) is 0 Å². The summed E-state index contributed by atoms with van der Waals surface area (Å²) in [6.45, 7) is 9.77. The van der Waals surface area contributed by atoms with Crippen LogP contribution >= 0.6 is 0 Å². The molecule has 0 unspecified atom stereocenters. The molecule has 3 heteroatoms. The van der Waals surface area contributed by atoms with Crippen molar-refractivity contribution in [1.82, 2.24) is 15.6 Å². The molecule has 2 N–H and O–H groups in total. The van der Waals surface area contributed by atoms with Crippen molar-refractivity contribution < 1.29 is 0 Å². The second kappa shape index (κ2) is 7.41. The van der Waals surface area contributed by atoms with Gasteiger partial charge in [0.05, 0.1) is 0 Å². The van der Waals surface area contributed by atoms with E-state index in [2.05, 4.69) is 42.5 Å². The van der Waals surface area contributed by atoms with Crippen molar-refractivity contribution in [3.63, 3.8) is 0 Å². The fraction of sp³-hybridized carbons (Fsp3) is 0.643. The first-order chi connectivity index (χ1) is 8.08. The normalized spacial score (nSPS) is 11.7. The molecule has 96 valence electrons. The van der Waals surface area contributed by atoms with Crippen LogP contribution < -0.4 is 10.6 Å². The van der Waals surface area contributed by atoms with E-state index < -0.39 is 0 Å². The van der Waals surface area contributed by atoms with Gasteiger partial charge in [0.2, 0.25) is 0 Å². The van der Waals surface area contributed by atoms with Gasteiger partial charge in [-0.05, 0) is 64.9 Å². The molecule has 1 rings (SSSR count). The van der Waals surface area contributed by atoms with E-state index in [1.807, 2.05) is 18.5 Å². The molecule has 0 atom stereocenters. The maximum absolute atomic E-state index is 4.10. The van der Waals surface area contributed by atoms with Gasteiger partial charge >= 0.3 is 0 Å². The second-order valence-electron chi connectivity index (χ2n) is 5.39. The number of aromatic nitrogens is 1. The van der Waals surface area contributed by atoms with Crippen molar-refractivity contribution in [2.24, 2.45) is 0 Å². The molecule has 0 saturated heterocycles. The third-order valence-electron chi connectivity index (χ3n) is 2.50. The number of nitrogens with zero attached hydrogens (tertiary/aromatic N) is 1. The van der Waals surface area contributed by atoms with E-state index >= 15 is 0 Å². The second-order valence-corrected chi connectivity index (χ2v) is 5.39. The maximum Gasteiger partial charge on any atom is 0.0300 e. The molecule has 0 aromatic carbocycles. The summed E-state index contributed by atoms with van der Waals surface area (Å²) in [5, 5.41) is 6.93. The first kappa shape index (κ1) is 14.1. The van der Waals surface area contributed by atoms with E-state index in [1.54, 1.807) is 0 Å². The highest BCUT2D eigenvalue weighted by atomic mass is 14.9. The Balaban J connectivity index is 1.95. The summed E-state index contributed by atoms with van der Waals surface area (Å²) in [7, 11) is 0. The van der Waals surface area contributed by atoms with Crippen LogP contribution in [0.25, 0.3) is 0 Å². The number of hydrogen-bond acceptors (Lipinski definition) is 3. The van der Waals surface area contributed by atoms with Crippen LogP contribution in [0.3, 0.4) is 0 Å². The van der Waals surface area contributed by atoms with Crippen molar-refractivity contribution >= 4 is 0 Å². The molecule has 0 aliphatic rings. The average molecular weight is 235 g/mol. The Morgan fingerprint density at radius 3 is 2.65 bits per heavy atom. The number of hydrogen-bond donors (Lipinski definition) is 2. The van der Waals surface area contributed by atoms with Crippen LogP contribution in [0.2, 0.25) is 0 Å². The van der Waals surface area contributed by atoms with Crippen LogP contribution in [0.1, 0.15) is 32.8 Å². The van der Waals surface area contributed by atoms with Gasteiger partial charge in [-0.2, -0.15) is 0 Å². The van der Waals surface area contributed by atoms with Crippen molar-refractivity contribution in [3.05, 3.63) is 30.1 Å². The molecule has 0 amide bonds. The number of rotatable bonds is 7. The molecule has 17 heavy (non-hydrogen) atoms. The van der Waals surface area contributed by atoms with Crippen LogP contribution in [0.15, 0.2) is 24.5 Å². The Morgan fingerprint density at radius 1 is 1.18 bits per heavy atom. The zero-order chi connectivity index (χ0) is 12.6. The van der Waals surface area contributed by atoms with Gasteiger partial charge in [-0.25, -0.2) is 0 Å².